The molecule has 1 fully saturated rings. The zero-order valence-corrected chi connectivity index (χ0v) is 18.7. The monoisotopic (exact) mass is 433 g/mol. The molecule has 2 heterocycles. The van der Waals surface area contributed by atoms with Crippen LogP contribution in [0.3, 0.4) is 0 Å². The Labute approximate surface area is 182 Å². The van der Waals surface area contributed by atoms with Gasteiger partial charge in [0.15, 0.2) is 0 Å². The standard InChI is InChI=1S/C22H31N3O4S/c1-5-13(4)18(20(28)23-16(10-26)12(2)3)24-19(27)17-11-30-22-15-9-7-6-8-14(15)21(29)25(17)22/h6-9,12-13,16-18,22,26H,5,10-11H2,1-4H3,(H,23,28)(H,24,27)/t13-,16+,17-,18-,22+/m0/s1. The number of nitrogens with zero attached hydrogens (tertiary/aromatic N) is 1. The van der Waals surface area contributed by atoms with Crippen molar-refractivity contribution in [2.75, 3.05) is 12.4 Å². The average Bonchev–Trinajstić information content (AvgIpc) is 3.29. The van der Waals surface area contributed by atoms with Crippen molar-refractivity contribution in [3.63, 3.8) is 0 Å². The number of fused-ring (bicyclic) bond motifs is 3. The van der Waals surface area contributed by atoms with Crippen LogP contribution in [0.1, 0.15) is 55.4 Å². The van der Waals surface area contributed by atoms with Gasteiger partial charge in [0.2, 0.25) is 11.8 Å². The second-order valence-corrected chi connectivity index (χ2v) is 9.53. The third-order valence-corrected chi connectivity index (χ3v) is 7.42. The van der Waals surface area contributed by atoms with Crippen LogP contribution in [0.2, 0.25) is 0 Å². The molecule has 1 aromatic carbocycles. The first-order chi connectivity index (χ1) is 14.3. The topological polar surface area (TPSA) is 98.7 Å². The summed E-state index contributed by atoms with van der Waals surface area (Å²) in [5.74, 6) is -0.265. The van der Waals surface area contributed by atoms with Gasteiger partial charge in [0.1, 0.15) is 17.5 Å². The summed E-state index contributed by atoms with van der Waals surface area (Å²) >= 11 is 1.57. The second kappa shape index (κ2) is 9.39. The van der Waals surface area contributed by atoms with Crippen LogP contribution in [0, 0.1) is 11.8 Å². The van der Waals surface area contributed by atoms with Gasteiger partial charge in [0, 0.05) is 11.3 Å². The summed E-state index contributed by atoms with van der Waals surface area (Å²) < 4.78 is 0. The predicted octanol–water partition coefficient (Wildman–Crippen LogP) is 1.92. The Morgan fingerprint density at radius 1 is 1.23 bits per heavy atom. The van der Waals surface area contributed by atoms with Gasteiger partial charge in [-0.2, -0.15) is 0 Å². The van der Waals surface area contributed by atoms with Crippen LogP contribution in [0.4, 0.5) is 0 Å². The average molecular weight is 434 g/mol. The molecule has 3 rings (SSSR count). The lowest BCUT2D eigenvalue weighted by atomic mass is 9.96. The molecule has 8 heteroatoms. The minimum atomic E-state index is -0.723. The number of amides is 3. The molecule has 0 spiro atoms. The quantitative estimate of drug-likeness (QED) is 0.582. The van der Waals surface area contributed by atoms with E-state index in [1.807, 2.05) is 45.9 Å². The highest BCUT2D eigenvalue weighted by molar-refractivity contribution is 7.99. The van der Waals surface area contributed by atoms with Crippen LogP contribution in [0.5, 0.6) is 0 Å². The molecule has 0 aromatic heterocycles. The molecular formula is C22H31N3O4S. The lowest BCUT2D eigenvalue weighted by molar-refractivity contribution is -0.132. The van der Waals surface area contributed by atoms with Crippen molar-refractivity contribution in [3.05, 3.63) is 35.4 Å². The Kier molecular flexibility index (Phi) is 7.08. The molecule has 2 aliphatic heterocycles. The van der Waals surface area contributed by atoms with E-state index in [-0.39, 0.29) is 47.6 Å². The maximum atomic E-state index is 13.2. The number of aliphatic hydroxyl groups is 1. The fourth-order valence-electron chi connectivity index (χ4n) is 3.89. The summed E-state index contributed by atoms with van der Waals surface area (Å²) in [5.41, 5.74) is 1.59. The molecule has 0 aliphatic carbocycles. The lowest BCUT2D eigenvalue weighted by Gasteiger charge is -2.30. The van der Waals surface area contributed by atoms with Crippen LogP contribution >= 0.6 is 11.8 Å². The van der Waals surface area contributed by atoms with Gasteiger partial charge in [-0.3, -0.25) is 14.4 Å². The summed E-state index contributed by atoms with van der Waals surface area (Å²) in [6.45, 7) is 7.56. The minimum absolute atomic E-state index is 0.0694. The number of carbonyl (C=O) groups is 3. The summed E-state index contributed by atoms with van der Waals surface area (Å²) in [6, 6.07) is 5.75. The number of benzene rings is 1. The molecule has 5 atom stereocenters. The van der Waals surface area contributed by atoms with Crippen molar-refractivity contribution in [2.24, 2.45) is 11.8 Å². The molecule has 0 unspecified atom stereocenters. The van der Waals surface area contributed by atoms with Crippen molar-refractivity contribution < 1.29 is 19.5 Å². The minimum Gasteiger partial charge on any atom is -0.394 e. The molecule has 0 radical (unpaired) electrons. The number of hydrogen-bond acceptors (Lipinski definition) is 5. The number of rotatable bonds is 8. The van der Waals surface area contributed by atoms with Crippen LogP contribution in [0.15, 0.2) is 24.3 Å². The summed E-state index contributed by atoms with van der Waals surface area (Å²) in [4.78, 5) is 40.6. The zero-order chi connectivity index (χ0) is 22.0. The van der Waals surface area contributed by atoms with Gasteiger partial charge in [0.25, 0.3) is 5.91 Å². The summed E-state index contributed by atoms with van der Waals surface area (Å²) in [5, 5.41) is 15.1. The van der Waals surface area contributed by atoms with Crippen LogP contribution in [-0.4, -0.2) is 58.2 Å². The van der Waals surface area contributed by atoms with E-state index < -0.39 is 12.1 Å². The number of carbonyl (C=O) groups excluding carboxylic acids is 3. The highest BCUT2D eigenvalue weighted by atomic mass is 32.2. The predicted molar refractivity (Wildman–Crippen MR) is 117 cm³/mol. The Morgan fingerprint density at radius 3 is 2.57 bits per heavy atom. The molecule has 0 saturated carbocycles. The first-order valence-electron chi connectivity index (χ1n) is 10.5. The molecule has 1 aromatic rings. The highest BCUT2D eigenvalue weighted by Gasteiger charge is 2.48. The van der Waals surface area contributed by atoms with Crippen LogP contribution in [-0.2, 0) is 9.59 Å². The molecule has 1 saturated heterocycles. The maximum absolute atomic E-state index is 13.2. The SMILES string of the molecule is CC[C@H](C)[C@H](NC(=O)[C@@H]1CS[C@@H]2c3ccccc3C(=O)N21)C(=O)N[C@H](CO)C(C)C. The van der Waals surface area contributed by atoms with Crippen molar-refractivity contribution in [1.82, 2.24) is 15.5 Å². The molecule has 0 bridgehead atoms. The van der Waals surface area contributed by atoms with E-state index in [9.17, 15) is 19.5 Å². The van der Waals surface area contributed by atoms with Crippen LogP contribution < -0.4 is 10.6 Å². The van der Waals surface area contributed by atoms with Gasteiger partial charge in [-0.15, -0.1) is 11.8 Å². The van der Waals surface area contributed by atoms with Gasteiger partial charge in [-0.25, -0.2) is 0 Å². The number of nitrogens with one attached hydrogen (secondary N) is 2. The van der Waals surface area contributed by atoms with E-state index in [4.69, 9.17) is 0 Å². The van der Waals surface area contributed by atoms with E-state index in [0.29, 0.717) is 17.7 Å². The van der Waals surface area contributed by atoms with Crippen molar-refractivity contribution in [2.45, 2.75) is 57.6 Å². The molecule has 2 aliphatic rings. The van der Waals surface area contributed by atoms with E-state index >= 15 is 0 Å². The van der Waals surface area contributed by atoms with Gasteiger partial charge >= 0.3 is 0 Å². The second-order valence-electron chi connectivity index (χ2n) is 8.41. The van der Waals surface area contributed by atoms with E-state index in [2.05, 4.69) is 10.6 Å². The molecule has 164 valence electrons. The van der Waals surface area contributed by atoms with E-state index in [0.717, 1.165) is 5.56 Å². The van der Waals surface area contributed by atoms with Crippen molar-refractivity contribution >= 4 is 29.5 Å². The normalized spacial score (nSPS) is 23.0. The largest absolute Gasteiger partial charge is 0.394 e. The number of thioether (sulfide) groups is 1. The maximum Gasteiger partial charge on any atom is 0.256 e. The van der Waals surface area contributed by atoms with Gasteiger partial charge in [-0.1, -0.05) is 52.3 Å². The fourth-order valence-corrected chi connectivity index (χ4v) is 5.35. The molecular weight excluding hydrogens is 402 g/mol. The smallest absolute Gasteiger partial charge is 0.256 e. The van der Waals surface area contributed by atoms with E-state index in [1.54, 1.807) is 22.7 Å². The number of aliphatic hydroxyl groups excluding tert-OH is 1. The summed E-state index contributed by atoms with van der Waals surface area (Å²) in [7, 11) is 0. The van der Waals surface area contributed by atoms with Crippen molar-refractivity contribution in [1.29, 1.82) is 0 Å². The fraction of sp³-hybridized carbons (Fsp3) is 0.591. The molecule has 3 N–H and O–H groups in total. The first kappa shape index (κ1) is 22.6. The Hall–Kier alpha value is -2.06. The van der Waals surface area contributed by atoms with Gasteiger partial charge in [0.05, 0.1) is 12.6 Å². The summed E-state index contributed by atoms with van der Waals surface area (Å²) in [6.07, 6.45) is 0.708. The van der Waals surface area contributed by atoms with Crippen LogP contribution in [0.25, 0.3) is 0 Å². The Bertz CT molecular complexity index is 815. The molecule has 3 amide bonds. The highest BCUT2D eigenvalue weighted by Crippen LogP contribution is 2.48. The first-order valence-corrected chi connectivity index (χ1v) is 11.6. The Balaban J connectivity index is 1.74. The third kappa shape index (κ3) is 4.21. The number of hydrogen-bond donors (Lipinski definition) is 3. The lowest BCUT2D eigenvalue weighted by Crippen LogP contribution is -2.57. The molecule has 7 nitrogen and oxygen atoms in total. The zero-order valence-electron chi connectivity index (χ0n) is 17.9. The van der Waals surface area contributed by atoms with Crippen molar-refractivity contribution in [3.8, 4) is 0 Å². The van der Waals surface area contributed by atoms with Gasteiger partial charge < -0.3 is 20.6 Å². The van der Waals surface area contributed by atoms with E-state index in [1.165, 1.54) is 0 Å². The van der Waals surface area contributed by atoms with Gasteiger partial charge in [-0.05, 0) is 23.5 Å². The third-order valence-electron chi connectivity index (χ3n) is 6.12. The molecule has 30 heavy (non-hydrogen) atoms. The Morgan fingerprint density at radius 2 is 1.93 bits per heavy atom.